The van der Waals surface area contributed by atoms with E-state index in [1.165, 1.54) is 6.07 Å². The molecule has 2 unspecified atom stereocenters. The minimum absolute atomic E-state index is 0.116. The first kappa shape index (κ1) is 11.5. The van der Waals surface area contributed by atoms with E-state index in [0.29, 0.717) is 12.0 Å². The fourth-order valence-corrected chi connectivity index (χ4v) is 2.44. The van der Waals surface area contributed by atoms with Crippen molar-refractivity contribution in [3.8, 4) is 0 Å². The molecule has 2 N–H and O–H groups in total. The van der Waals surface area contributed by atoms with Crippen molar-refractivity contribution in [2.45, 2.75) is 25.4 Å². The van der Waals surface area contributed by atoms with Crippen molar-refractivity contribution >= 4 is 0 Å². The van der Waals surface area contributed by atoms with Crippen LogP contribution in [0.3, 0.4) is 0 Å². The number of halogens is 1. The molecule has 1 fully saturated rings. The SMILES string of the molecule is CCC1CNCCC1(O)c1cncc(F)c1. The smallest absolute Gasteiger partial charge is 0.141 e. The van der Waals surface area contributed by atoms with Crippen molar-refractivity contribution in [3.63, 3.8) is 0 Å². The van der Waals surface area contributed by atoms with Crippen LogP contribution < -0.4 is 5.32 Å². The molecular weight excluding hydrogens is 207 g/mol. The summed E-state index contributed by atoms with van der Waals surface area (Å²) in [6.07, 6.45) is 4.20. The van der Waals surface area contributed by atoms with Crippen LogP contribution in [-0.4, -0.2) is 23.2 Å². The molecule has 0 aliphatic carbocycles. The van der Waals surface area contributed by atoms with Gasteiger partial charge in [0.1, 0.15) is 5.82 Å². The molecule has 0 radical (unpaired) electrons. The third kappa shape index (κ3) is 1.95. The van der Waals surface area contributed by atoms with Gasteiger partial charge in [-0.3, -0.25) is 4.98 Å². The summed E-state index contributed by atoms with van der Waals surface area (Å²) in [5.74, 6) is -0.274. The van der Waals surface area contributed by atoms with Crippen LogP contribution in [0.4, 0.5) is 4.39 Å². The fraction of sp³-hybridized carbons (Fsp3) is 0.583. The second kappa shape index (κ2) is 4.47. The van der Waals surface area contributed by atoms with Gasteiger partial charge >= 0.3 is 0 Å². The molecule has 1 aliphatic heterocycles. The van der Waals surface area contributed by atoms with Crippen molar-refractivity contribution in [1.82, 2.24) is 10.3 Å². The Morgan fingerprint density at radius 3 is 3.12 bits per heavy atom. The van der Waals surface area contributed by atoms with E-state index in [9.17, 15) is 9.50 Å². The zero-order valence-corrected chi connectivity index (χ0v) is 9.41. The van der Waals surface area contributed by atoms with Crippen molar-refractivity contribution in [1.29, 1.82) is 0 Å². The largest absolute Gasteiger partial charge is 0.385 e. The first-order chi connectivity index (χ1) is 7.66. The monoisotopic (exact) mass is 224 g/mol. The molecule has 1 aromatic rings. The maximum absolute atomic E-state index is 13.1. The van der Waals surface area contributed by atoms with Crippen LogP contribution in [0.1, 0.15) is 25.3 Å². The lowest BCUT2D eigenvalue weighted by molar-refractivity contribution is -0.0483. The number of nitrogens with one attached hydrogen (secondary N) is 1. The summed E-state index contributed by atoms with van der Waals surface area (Å²) in [6.45, 7) is 3.56. The van der Waals surface area contributed by atoms with Crippen LogP contribution in [0.25, 0.3) is 0 Å². The van der Waals surface area contributed by atoms with Gasteiger partial charge in [0.05, 0.1) is 11.8 Å². The molecule has 16 heavy (non-hydrogen) atoms. The molecule has 0 aromatic carbocycles. The fourth-order valence-electron chi connectivity index (χ4n) is 2.44. The van der Waals surface area contributed by atoms with E-state index in [0.717, 1.165) is 25.7 Å². The number of pyridine rings is 1. The normalized spacial score (nSPS) is 30.3. The second-order valence-corrected chi connectivity index (χ2v) is 4.38. The summed E-state index contributed by atoms with van der Waals surface area (Å²) < 4.78 is 13.1. The molecule has 1 aromatic heterocycles. The quantitative estimate of drug-likeness (QED) is 0.798. The summed E-state index contributed by atoms with van der Waals surface area (Å²) in [5, 5.41) is 13.9. The predicted molar refractivity (Wildman–Crippen MR) is 59.4 cm³/mol. The summed E-state index contributed by atoms with van der Waals surface area (Å²) in [4.78, 5) is 3.82. The lowest BCUT2D eigenvalue weighted by Gasteiger charge is -2.40. The highest BCUT2D eigenvalue weighted by atomic mass is 19.1. The van der Waals surface area contributed by atoms with Crippen LogP contribution in [0.15, 0.2) is 18.5 Å². The van der Waals surface area contributed by atoms with Gasteiger partial charge in [-0.2, -0.15) is 0 Å². The van der Waals surface area contributed by atoms with Crippen molar-refractivity contribution in [2.75, 3.05) is 13.1 Å². The number of hydrogen-bond donors (Lipinski definition) is 2. The minimum atomic E-state index is -0.935. The number of rotatable bonds is 2. The molecule has 0 saturated carbocycles. The molecular formula is C12H17FN2O. The Balaban J connectivity index is 2.34. The van der Waals surface area contributed by atoms with E-state index in [1.807, 2.05) is 6.92 Å². The number of aliphatic hydroxyl groups is 1. The van der Waals surface area contributed by atoms with Crippen LogP contribution in [0.5, 0.6) is 0 Å². The minimum Gasteiger partial charge on any atom is -0.385 e. The molecule has 2 atom stereocenters. The van der Waals surface area contributed by atoms with Crippen LogP contribution in [-0.2, 0) is 5.60 Å². The molecule has 3 nitrogen and oxygen atoms in total. The standard InChI is InChI=1S/C12H17FN2O/c1-2-9-6-14-4-3-12(9,16)10-5-11(13)8-15-7-10/h5,7-9,14,16H,2-4,6H2,1H3. The molecule has 0 amide bonds. The second-order valence-electron chi connectivity index (χ2n) is 4.38. The summed E-state index contributed by atoms with van der Waals surface area (Å²) >= 11 is 0. The Bertz CT molecular complexity index is 372. The molecule has 88 valence electrons. The number of nitrogens with zero attached hydrogens (tertiary/aromatic N) is 1. The van der Waals surface area contributed by atoms with Gasteiger partial charge in [0, 0.05) is 24.2 Å². The molecule has 4 heteroatoms. The zero-order valence-electron chi connectivity index (χ0n) is 9.41. The van der Waals surface area contributed by atoms with Crippen LogP contribution in [0.2, 0.25) is 0 Å². The maximum Gasteiger partial charge on any atom is 0.141 e. The first-order valence-electron chi connectivity index (χ1n) is 5.71. The third-order valence-corrected chi connectivity index (χ3v) is 3.45. The third-order valence-electron chi connectivity index (χ3n) is 3.45. The molecule has 1 saturated heterocycles. The Labute approximate surface area is 94.7 Å². The Kier molecular flexibility index (Phi) is 3.21. The van der Waals surface area contributed by atoms with Gasteiger partial charge in [-0.05, 0) is 25.5 Å². The Morgan fingerprint density at radius 1 is 1.62 bits per heavy atom. The topological polar surface area (TPSA) is 45.1 Å². The van der Waals surface area contributed by atoms with Gasteiger partial charge < -0.3 is 10.4 Å². The van der Waals surface area contributed by atoms with Crippen LogP contribution >= 0.6 is 0 Å². The van der Waals surface area contributed by atoms with E-state index in [-0.39, 0.29) is 11.7 Å². The van der Waals surface area contributed by atoms with Gasteiger partial charge in [0.15, 0.2) is 0 Å². The highest BCUT2D eigenvalue weighted by molar-refractivity contribution is 5.21. The molecule has 1 aliphatic rings. The van der Waals surface area contributed by atoms with E-state index in [2.05, 4.69) is 10.3 Å². The molecule has 2 rings (SSSR count). The van der Waals surface area contributed by atoms with Crippen molar-refractivity contribution < 1.29 is 9.50 Å². The summed E-state index contributed by atoms with van der Waals surface area (Å²) in [7, 11) is 0. The van der Waals surface area contributed by atoms with Gasteiger partial charge in [-0.25, -0.2) is 4.39 Å². The Hall–Kier alpha value is -1.00. The lowest BCUT2D eigenvalue weighted by atomic mass is 9.76. The van der Waals surface area contributed by atoms with Crippen LogP contribution in [0, 0.1) is 11.7 Å². The number of aromatic nitrogens is 1. The van der Waals surface area contributed by atoms with Gasteiger partial charge in [0.2, 0.25) is 0 Å². The molecule has 0 spiro atoms. The van der Waals surface area contributed by atoms with E-state index >= 15 is 0 Å². The average Bonchev–Trinajstić information content (AvgIpc) is 2.30. The Morgan fingerprint density at radius 2 is 2.44 bits per heavy atom. The highest BCUT2D eigenvalue weighted by Crippen LogP contribution is 2.36. The lowest BCUT2D eigenvalue weighted by Crippen LogP contribution is -2.48. The highest BCUT2D eigenvalue weighted by Gasteiger charge is 2.39. The van der Waals surface area contributed by atoms with Crippen molar-refractivity contribution in [3.05, 3.63) is 29.8 Å². The van der Waals surface area contributed by atoms with Gasteiger partial charge in [-0.15, -0.1) is 0 Å². The summed E-state index contributed by atoms with van der Waals surface area (Å²) in [6, 6.07) is 1.39. The molecule has 0 bridgehead atoms. The van der Waals surface area contributed by atoms with Gasteiger partial charge in [0.25, 0.3) is 0 Å². The predicted octanol–water partition coefficient (Wildman–Crippen LogP) is 1.43. The first-order valence-corrected chi connectivity index (χ1v) is 5.71. The van der Waals surface area contributed by atoms with E-state index < -0.39 is 5.60 Å². The average molecular weight is 224 g/mol. The summed E-state index contributed by atoms with van der Waals surface area (Å²) in [5.41, 5.74) is -0.337. The molecule has 2 heterocycles. The zero-order chi connectivity index (χ0) is 11.6. The van der Waals surface area contributed by atoms with Crippen molar-refractivity contribution in [2.24, 2.45) is 5.92 Å². The van der Waals surface area contributed by atoms with Gasteiger partial charge in [-0.1, -0.05) is 6.92 Å². The number of piperidine rings is 1. The van der Waals surface area contributed by atoms with E-state index in [1.54, 1.807) is 6.20 Å². The van der Waals surface area contributed by atoms with E-state index in [4.69, 9.17) is 0 Å². The maximum atomic E-state index is 13.1. The number of hydrogen-bond acceptors (Lipinski definition) is 3.